The molecule has 40 heavy (non-hydrogen) atoms. The number of pyridine rings is 1. The molecule has 3 aromatic carbocycles. The average molecular weight is 541 g/mol. The summed E-state index contributed by atoms with van der Waals surface area (Å²) in [5.41, 5.74) is 9.28. The molecule has 2 fully saturated rings. The topological polar surface area (TPSA) is 78.9 Å². The standard InChI is InChI=1S/C32H33FN4O3/c1-20-14-23(16-24(33)15-20)27-18-35-28-7-6-22(25-5-3-4-21(32(25)38)8-10-36-39-2)17-26(28)31(27)37-12-9-30-29(19-37)34-11-13-40-30/h3-8,10,14-18,29-30,34,36,38H,9,11-13,19H2,1-2H3/b10-8+/t29-,30-/m0/s1. The first-order valence-electron chi connectivity index (χ1n) is 13.6. The van der Waals surface area contributed by atoms with Gasteiger partial charge in [0, 0.05) is 54.1 Å². The van der Waals surface area contributed by atoms with E-state index in [-0.39, 0.29) is 23.7 Å². The molecule has 2 aliphatic rings. The maximum absolute atomic E-state index is 14.6. The minimum Gasteiger partial charge on any atom is -0.507 e. The highest BCUT2D eigenvalue weighted by Gasteiger charge is 2.33. The van der Waals surface area contributed by atoms with E-state index in [1.165, 1.54) is 13.2 Å². The number of piperidine rings is 1. The fourth-order valence-corrected chi connectivity index (χ4v) is 5.89. The molecule has 0 bridgehead atoms. The Morgan fingerprint density at radius 3 is 2.90 bits per heavy atom. The van der Waals surface area contributed by atoms with Crippen molar-refractivity contribution in [1.29, 1.82) is 0 Å². The molecule has 0 spiro atoms. The quantitative estimate of drug-likeness (QED) is 0.282. The van der Waals surface area contributed by atoms with E-state index in [0.717, 1.165) is 71.5 Å². The van der Waals surface area contributed by atoms with E-state index >= 15 is 0 Å². The minimum absolute atomic E-state index is 0.173. The van der Waals surface area contributed by atoms with Gasteiger partial charge < -0.3 is 20.1 Å². The lowest BCUT2D eigenvalue weighted by molar-refractivity contribution is -0.0134. The first kappa shape index (κ1) is 26.3. The molecule has 3 N–H and O–H groups in total. The molecule has 2 aliphatic heterocycles. The second kappa shape index (κ2) is 11.3. The number of halogens is 1. The third kappa shape index (κ3) is 5.13. The number of nitrogens with one attached hydrogen (secondary N) is 2. The summed E-state index contributed by atoms with van der Waals surface area (Å²) in [6, 6.07) is 17.0. The lowest BCUT2D eigenvalue weighted by Gasteiger charge is -2.43. The molecule has 0 unspecified atom stereocenters. The second-order valence-electron chi connectivity index (χ2n) is 10.4. The smallest absolute Gasteiger partial charge is 0.130 e. The van der Waals surface area contributed by atoms with E-state index < -0.39 is 0 Å². The summed E-state index contributed by atoms with van der Waals surface area (Å²) >= 11 is 0. The van der Waals surface area contributed by atoms with Crippen LogP contribution in [0.5, 0.6) is 5.75 Å². The summed E-state index contributed by atoms with van der Waals surface area (Å²) in [6.45, 7) is 5.05. The first-order chi connectivity index (χ1) is 19.5. The van der Waals surface area contributed by atoms with Crippen molar-refractivity contribution >= 4 is 22.7 Å². The van der Waals surface area contributed by atoms with Gasteiger partial charge in [-0.05, 0) is 60.4 Å². The van der Waals surface area contributed by atoms with E-state index in [4.69, 9.17) is 14.6 Å². The van der Waals surface area contributed by atoms with Crippen molar-refractivity contribution in [3.05, 3.63) is 83.9 Å². The van der Waals surface area contributed by atoms with Crippen molar-refractivity contribution in [2.24, 2.45) is 0 Å². The molecule has 4 aromatic rings. The molecule has 0 saturated carbocycles. The molecule has 206 valence electrons. The van der Waals surface area contributed by atoms with Gasteiger partial charge in [-0.15, -0.1) is 0 Å². The molecule has 2 saturated heterocycles. The molecule has 7 nitrogen and oxygen atoms in total. The van der Waals surface area contributed by atoms with E-state index in [2.05, 4.69) is 21.8 Å². The second-order valence-corrected chi connectivity index (χ2v) is 10.4. The lowest BCUT2D eigenvalue weighted by Crippen LogP contribution is -2.58. The van der Waals surface area contributed by atoms with Crippen molar-refractivity contribution in [2.45, 2.75) is 25.5 Å². The van der Waals surface area contributed by atoms with E-state index in [1.54, 1.807) is 18.3 Å². The normalized spacial score (nSPS) is 19.2. The fourth-order valence-electron chi connectivity index (χ4n) is 5.89. The van der Waals surface area contributed by atoms with Crippen LogP contribution < -0.4 is 15.7 Å². The van der Waals surface area contributed by atoms with Crippen LogP contribution in [0.3, 0.4) is 0 Å². The van der Waals surface area contributed by atoms with Crippen LogP contribution in [0.2, 0.25) is 0 Å². The van der Waals surface area contributed by atoms with Crippen molar-refractivity contribution < 1.29 is 19.1 Å². The summed E-state index contributed by atoms with van der Waals surface area (Å²) in [6.07, 6.45) is 6.32. The van der Waals surface area contributed by atoms with Crippen LogP contribution in [-0.4, -0.2) is 55.6 Å². The number of rotatable bonds is 6. The van der Waals surface area contributed by atoms with Crippen LogP contribution in [0.15, 0.2) is 67.0 Å². The van der Waals surface area contributed by atoms with E-state index in [9.17, 15) is 9.50 Å². The number of aryl methyl sites for hydroxylation is 1. The van der Waals surface area contributed by atoms with Crippen LogP contribution in [-0.2, 0) is 9.57 Å². The molecule has 0 amide bonds. The predicted molar refractivity (Wildman–Crippen MR) is 157 cm³/mol. The first-order valence-corrected chi connectivity index (χ1v) is 13.6. The summed E-state index contributed by atoms with van der Waals surface area (Å²) in [7, 11) is 1.53. The Labute approximate surface area is 233 Å². The average Bonchev–Trinajstić information content (AvgIpc) is 2.96. The van der Waals surface area contributed by atoms with Crippen molar-refractivity contribution in [3.63, 3.8) is 0 Å². The van der Waals surface area contributed by atoms with Gasteiger partial charge in [0.15, 0.2) is 0 Å². The monoisotopic (exact) mass is 540 g/mol. The third-order valence-corrected chi connectivity index (χ3v) is 7.73. The van der Waals surface area contributed by atoms with Crippen molar-refractivity contribution in [1.82, 2.24) is 15.8 Å². The van der Waals surface area contributed by atoms with E-state index in [1.807, 2.05) is 49.5 Å². The molecule has 0 aliphatic carbocycles. The van der Waals surface area contributed by atoms with Gasteiger partial charge in [0.1, 0.15) is 11.6 Å². The minimum atomic E-state index is -0.270. The highest BCUT2D eigenvalue weighted by molar-refractivity contribution is 6.02. The van der Waals surface area contributed by atoms with Crippen LogP contribution in [0, 0.1) is 12.7 Å². The summed E-state index contributed by atoms with van der Waals surface area (Å²) in [5.74, 6) is -0.0969. The van der Waals surface area contributed by atoms with Crippen molar-refractivity contribution in [2.75, 3.05) is 38.3 Å². The molecule has 2 atom stereocenters. The van der Waals surface area contributed by atoms with Crippen molar-refractivity contribution in [3.8, 4) is 28.0 Å². The fraction of sp³-hybridized carbons (Fsp3) is 0.281. The summed E-state index contributed by atoms with van der Waals surface area (Å²) < 4.78 is 20.6. The van der Waals surface area contributed by atoms with Gasteiger partial charge in [-0.1, -0.05) is 30.3 Å². The number of fused-ring (bicyclic) bond motifs is 2. The summed E-state index contributed by atoms with van der Waals surface area (Å²) in [4.78, 5) is 12.0. The maximum atomic E-state index is 14.6. The van der Waals surface area contributed by atoms with Gasteiger partial charge in [0.05, 0.1) is 37.1 Å². The number of para-hydroxylation sites is 1. The number of hydrogen-bond acceptors (Lipinski definition) is 7. The highest BCUT2D eigenvalue weighted by Crippen LogP contribution is 2.41. The Balaban J connectivity index is 1.51. The molecule has 8 heteroatoms. The van der Waals surface area contributed by atoms with E-state index in [0.29, 0.717) is 11.1 Å². The van der Waals surface area contributed by atoms with Crippen LogP contribution in [0.1, 0.15) is 17.5 Å². The number of nitrogens with zero attached hydrogens (tertiary/aromatic N) is 2. The number of phenolic OH excluding ortho intramolecular Hbond substituents is 1. The number of hydroxylamine groups is 1. The third-order valence-electron chi connectivity index (χ3n) is 7.73. The number of ether oxygens (including phenoxy) is 1. The van der Waals surface area contributed by atoms with Gasteiger partial charge in [-0.3, -0.25) is 15.3 Å². The van der Waals surface area contributed by atoms with Gasteiger partial charge in [0.25, 0.3) is 0 Å². The van der Waals surface area contributed by atoms with Crippen LogP contribution >= 0.6 is 0 Å². The summed E-state index contributed by atoms with van der Waals surface area (Å²) in [5, 5.41) is 15.7. The number of morpholine rings is 1. The zero-order valence-electron chi connectivity index (χ0n) is 22.7. The Hall–Kier alpha value is -3.98. The molecule has 3 heterocycles. The number of phenols is 1. The maximum Gasteiger partial charge on any atom is 0.130 e. The molecule has 0 radical (unpaired) electrons. The number of hydrogen-bond donors (Lipinski definition) is 3. The number of aromatic nitrogens is 1. The van der Waals surface area contributed by atoms with Gasteiger partial charge in [-0.2, -0.15) is 0 Å². The zero-order valence-corrected chi connectivity index (χ0v) is 22.7. The zero-order chi connectivity index (χ0) is 27.6. The molecular formula is C32H33FN4O3. The Morgan fingerprint density at radius 1 is 1.15 bits per heavy atom. The van der Waals surface area contributed by atoms with Gasteiger partial charge >= 0.3 is 0 Å². The Kier molecular flexibility index (Phi) is 7.38. The highest BCUT2D eigenvalue weighted by atomic mass is 19.1. The van der Waals surface area contributed by atoms with Crippen LogP contribution in [0.25, 0.3) is 39.2 Å². The lowest BCUT2D eigenvalue weighted by atomic mass is 9.94. The van der Waals surface area contributed by atoms with Gasteiger partial charge in [-0.25, -0.2) is 4.39 Å². The Bertz CT molecular complexity index is 1550. The molecule has 6 rings (SSSR count). The molecule has 1 aromatic heterocycles. The number of benzene rings is 3. The predicted octanol–water partition coefficient (Wildman–Crippen LogP) is 5.41. The van der Waals surface area contributed by atoms with Gasteiger partial charge in [0.2, 0.25) is 0 Å². The molecular weight excluding hydrogens is 507 g/mol. The number of aromatic hydroxyl groups is 1. The van der Waals surface area contributed by atoms with Crippen LogP contribution in [0.4, 0.5) is 10.1 Å². The Morgan fingerprint density at radius 2 is 2.05 bits per heavy atom. The SMILES string of the molecule is CON/C=C/c1cccc(-c2ccc3ncc(-c4cc(C)cc(F)c4)c(N4CC[C@@H]5OCCN[C@H]5C4)c3c2)c1O. The largest absolute Gasteiger partial charge is 0.507 e. The number of anilines is 1.